The number of halogens is 1. The molecule has 2 N–H and O–H groups in total. The van der Waals surface area contributed by atoms with E-state index in [1.54, 1.807) is 38.3 Å². The van der Waals surface area contributed by atoms with Gasteiger partial charge in [-0.15, -0.1) is 0 Å². The zero-order chi connectivity index (χ0) is 18.5. The van der Waals surface area contributed by atoms with Crippen molar-refractivity contribution in [3.8, 4) is 17.1 Å². The molecule has 0 aliphatic carbocycles. The lowest BCUT2D eigenvalue weighted by atomic mass is 10.1. The van der Waals surface area contributed by atoms with Crippen LogP contribution in [0.5, 0.6) is 5.88 Å². The second-order valence-electron chi connectivity index (χ2n) is 5.48. The zero-order valence-corrected chi connectivity index (χ0v) is 14.5. The minimum atomic E-state index is -0.325. The Morgan fingerprint density at radius 2 is 1.81 bits per heavy atom. The molecule has 0 saturated heterocycles. The largest absolute Gasteiger partial charge is 0.474 e. The van der Waals surface area contributed by atoms with Crippen LogP contribution in [0.4, 0.5) is 10.3 Å². The molecular formula is C18H19FN4O3. The molecule has 0 fully saturated rings. The van der Waals surface area contributed by atoms with Crippen molar-refractivity contribution in [2.24, 2.45) is 0 Å². The molecule has 8 heteroatoms. The molecule has 2 aromatic heterocycles. The summed E-state index contributed by atoms with van der Waals surface area (Å²) in [5.74, 6) is 0.0556. The predicted octanol–water partition coefficient (Wildman–Crippen LogP) is 2.80. The molecule has 1 unspecified atom stereocenters. The molecule has 0 saturated carbocycles. The number of rotatable bonds is 7. The van der Waals surface area contributed by atoms with Crippen LogP contribution in [0.3, 0.4) is 0 Å². The van der Waals surface area contributed by atoms with Gasteiger partial charge in [0, 0.05) is 12.7 Å². The highest BCUT2D eigenvalue weighted by atomic mass is 19.1. The van der Waals surface area contributed by atoms with E-state index in [1.807, 2.05) is 0 Å². The van der Waals surface area contributed by atoms with Crippen LogP contribution < -0.4 is 10.5 Å². The number of anilines is 1. The maximum absolute atomic E-state index is 13.1. The van der Waals surface area contributed by atoms with Crippen molar-refractivity contribution in [2.45, 2.75) is 13.2 Å². The average molecular weight is 358 g/mol. The van der Waals surface area contributed by atoms with E-state index < -0.39 is 0 Å². The first-order valence-corrected chi connectivity index (χ1v) is 8.04. The molecule has 136 valence electrons. The van der Waals surface area contributed by atoms with Crippen LogP contribution in [-0.2, 0) is 9.47 Å². The quantitative estimate of drug-likeness (QED) is 0.513. The van der Waals surface area contributed by atoms with Gasteiger partial charge in [0.15, 0.2) is 11.8 Å². The Morgan fingerprint density at radius 1 is 1.04 bits per heavy atom. The smallest absolute Gasteiger partial charge is 0.245 e. The van der Waals surface area contributed by atoms with Gasteiger partial charge in [-0.25, -0.2) is 14.4 Å². The molecule has 0 aliphatic rings. The number of nitrogens with two attached hydrogens (primary N) is 1. The Bertz CT molecular complexity index is 889. The van der Waals surface area contributed by atoms with Crippen molar-refractivity contribution < 1.29 is 18.6 Å². The molecular weight excluding hydrogens is 339 g/mol. The molecule has 0 aliphatic heterocycles. The van der Waals surface area contributed by atoms with E-state index in [1.165, 1.54) is 12.1 Å². The van der Waals surface area contributed by atoms with E-state index in [-0.39, 0.29) is 30.5 Å². The number of nitrogen functional groups attached to an aromatic ring is 1. The number of nitrogens with zero attached hydrogens (tertiary/aromatic N) is 3. The highest BCUT2D eigenvalue weighted by Crippen LogP contribution is 2.26. The summed E-state index contributed by atoms with van der Waals surface area (Å²) in [5.41, 5.74) is 8.20. The first kappa shape index (κ1) is 18.0. The summed E-state index contributed by atoms with van der Waals surface area (Å²) in [6, 6.07) is 9.63. The van der Waals surface area contributed by atoms with Gasteiger partial charge in [-0.05, 0) is 43.3 Å². The van der Waals surface area contributed by atoms with Crippen LogP contribution in [0.15, 0.2) is 36.4 Å². The molecule has 2 heterocycles. The number of benzene rings is 1. The van der Waals surface area contributed by atoms with Gasteiger partial charge in [0.1, 0.15) is 12.4 Å². The van der Waals surface area contributed by atoms with Gasteiger partial charge in [-0.3, -0.25) is 0 Å². The Morgan fingerprint density at radius 3 is 2.54 bits per heavy atom. The summed E-state index contributed by atoms with van der Waals surface area (Å²) in [6.45, 7) is 2.36. The fourth-order valence-electron chi connectivity index (χ4n) is 2.31. The lowest BCUT2D eigenvalue weighted by Gasteiger charge is -2.12. The summed E-state index contributed by atoms with van der Waals surface area (Å²) in [6.07, 6.45) is -0.325. The Kier molecular flexibility index (Phi) is 5.55. The van der Waals surface area contributed by atoms with Crippen LogP contribution in [0, 0.1) is 5.82 Å². The van der Waals surface area contributed by atoms with E-state index in [2.05, 4.69) is 15.0 Å². The van der Waals surface area contributed by atoms with Crippen LogP contribution in [0.1, 0.15) is 6.92 Å². The van der Waals surface area contributed by atoms with Gasteiger partial charge in [-0.2, -0.15) is 4.98 Å². The van der Waals surface area contributed by atoms with Crippen molar-refractivity contribution in [2.75, 3.05) is 26.1 Å². The maximum atomic E-state index is 13.1. The molecule has 7 nitrogen and oxygen atoms in total. The molecule has 3 aromatic rings. The number of aromatic nitrogens is 3. The standard InChI is InChI=1S/C18H19FN4O3/c1-11(24-2)25-9-10-26-17-16-15(22-18(20)23-17)8-7-14(21-16)12-3-5-13(19)6-4-12/h3-8,11H,9-10H2,1-2H3,(H2,20,22,23). The van der Waals surface area contributed by atoms with Gasteiger partial charge < -0.3 is 19.9 Å². The molecule has 1 aromatic carbocycles. The summed E-state index contributed by atoms with van der Waals surface area (Å²) >= 11 is 0. The van der Waals surface area contributed by atoms with Crippen LogP contribution in [0.2, 0.25) is 0 Å². The third-order valence-electron chi connectivity index (χ3n) is 3.67. The number of hydrogen-bond donors (Lipinski definition) is 1. The van der Waals surface area contributed by atoms with Crippen molar-refractivity contribution >= 4 is 17.0 Å². The van der Waals surface area contributed by atoms with Crippen molar-refractivity contribution in [3.05, 3.63) is 42.2 Å². The second-order valence-corrected chi connectivity index (χ2v) is 5.48. The minimum Gasteiger partial charge on any atom is -0.474 e. The van der Waals surface area contributed by atoms with Crippen molar-refractivity contribution in [1.82, 2.24) is 15.0 Å². The number of pyridine rings is 1. The fourth-order valence-corrected chi connectivity index (χ4v) is 2.31. The van der Waals surface area contributed by atoms with Gasteiger partial charge in [0.2, 0.25) is 11.8 Å². The summed E-state index contributed by atoms with van der Waals surface area (Å²) in [4.78, 5) is 12.8. The Hall–Kier alpha value is -2.84. The summed E-state index contributed by atoms with van der Waals surface area (Å²) in [5, 5.41) is 0. The maximum Gasteiger partial charge on any atom is 0.245 e. The van der Waals surface area contributed by atoms with Crippen molar-refractivity contribution in [3.63, 3.8) is 0 Å². The predicted molar refractivity (Wildman–Crippen MR) is 95.1 cm³/mol. The van der Waals surface area contributed by atoms with Crippen LogP contribution in [-0.4, -0.2) is 41.6 Å². The van der Waals surface area contributed by atoms with E-state index in [4.69, 9.17) is 19.9 Å². The van der Waals surface area contributed by atoms with Gasteiger partial charge in [0.25, 0.3) is 0 Å². The Labute approximate surface area is 149 Å². The second kappa shape index (κ2) is 8.03. The number of methoxy groups -OCH3 is 1. The fraction of sp³-hybridized carbons (Fsp3) is 0.278. The van der Waals surface area contributed by atoms with E-state index in [0.29, 0.717) is 23.3 Å². The minimum absolute atomic E-state index is 0.0926. The highest BCUT2D eigenvalue weighted by Gasteiger charge is 2.11. The zero-order valence-electron chi connectivity index (χ0n) is 14.5. The Balaban J connectivity index is 1.86. The molecule has 1 atom stereocenters. The van der Waals surface area contributed by atoms with Crippen LogP contribution in [0.25, 0.3) is 22.3 Å². The van der Waals surface area contributed by atoms with E-state index in [9.17, 15) is 4.39 Å². The molecule has 0 spiro atoms. The lowest BCUT2D eigenvalue weighted by Crippen LogP contribution is -2.16. The summed E-state index contributed by atoms with van der Waals surface area (Å²) < 4.78 is 29.2. The normalized spacial score (nSPS) is 12.3. The van der Waals surface area contributed by atoms with Gasteiger partial charge in [-0.1, -0.05) is 0 Å². The number of hydrogen-bond acceptors (Lipinski definition) is 7. The van der Waals surface area contributed by atoms with Gasteiger partial charge >= 0.3 is 0 Å². The third kappa shape index (κ3) is 4.22. The first-order chi connectivity index (χ1) is 12.6. The highest BCUT2D eigenvalue weighted by molar-refractivity contribution is 5.83. The SMILES string of the molecule is COC(C)OCCOc1nc(N)nc2ccc(-c3ccc(F)cc3)nc12. The first-order valence-electron chi connectivity index (χ1n) is 8.04. The van der Waals surface area contributed by atoms with Crippen molar-refractivity contribution in [1.29, 1.82) is 0 Å². The third-order valence-corrected chi connectivity index (χ3v) is 3.67. The summed E-state index contributed by atoms with van der Waals surface area (Å²) in [7, 11) is 1.56. The monoisotopic (exact) mass is 358 g/mol. The number of ether oxygens (including phenoxy) is 3. The molecule has 0 amide bonds. The van der Waals surface area contributed by atoms with Crippen LogP contribution >= 0.6 is 0 Å². The molecule has 0 bridgehead atoms. The topological polar surface area (TPSA) is 92.4 Å². The van der Waals surface area contributed by atoms with Gasteiger partial charge in [0.05, 0.1) is 17.8 Å². The molecule has 26 heavy (non-hydrogen) atoms. The number of fused-ring (bicyclic) bond motifs is 1. The lowest BCUT2D eigenvalue weighted by molar-refractivity contribution is -0.115. The average Bonchev–Trinajstić information content (AvgIpc) is 2.65. The molecule has 0 radical (unpaired) electrons. The van der Waals surface area contributed by atoms with E-state index >= 15 is 0 Å². The van der Waals surface area contributed by atoms with E-state index in [0.717, 1.165) is 5.56 Å². The molecule has 3 rings (SSSR count).